The maximum Gasteiger partial charge on any atom is 0.407 e. The van der Waals surface area contributed by atoms with Crippen LogP contribution in [0, 0.1) is 13.8 Å². The van der Waals surface area contributed by atoms with E-state index in [2.05, 4.69) is 29.5 Å². The number of ether oxygens (including phenoxy) is 2. The van der Waals surface area contributed by atoms with Gasteiger partial charge in [0, 0.05) is 37.0 Å². The predicted octanol–water partition coefficient (Wildman–Crippen LogP) is 5.47. The van der Waals surface area contributed by atoms with Crippen molar-refractivity contribution < 1.29 is 32.0 Å². The van der Waals surface area contributed by atoms with Gasteiger partial charge in [0.15, 0.2) is 0 Å². The Hall–Kier alpha value is -4.68. The monoisotopic (exact) mass is 660 g/mol. The first kappa shape index (κ1) is 33.7. The summed E-state index contributed by atoms with van der Waals surface area (Å²) in [7, 11) is -4.16. The summed E-state index contributed by atoms with van der Waals surface area (Å²) >= 11 is 0. The van der Waals surface area contributed by atoms with Gasteiger partial charge in [-0.25, -0.2) is 4.79 Å². The van der Waals surface area contributed by atoms with Crippen LogP contribution in [-0.2, 0) is 39.2 Å². The fourth-order valence-corrected chi connectivity index (χ4v) is 6.01. The molecule has 3 aromatic carbocycles. The van der Waals surface area contributed by atoms with Crippen LogP contribution >= 0.6 is 0 Å². The average molecular weight is 661 g/mol. The molecule has 11 nitrogen and oxygen atoms in total. The highest BCUT2D eigenvalue weighted by Gasteiger charge is 2.25. The molecule has 0 aliphatic carbocycles. The molecule has 1 aliphatic rings. The van der Waals surface area contributed by atoms with Gasteiger partial charge in [0.05, 0.1) is 25.1 Å². The van der Waals surface area contributed by atoms with Gasteiger partial charge in [-0.2, -0.15) is 13.5 Å². The van der Waals surface area contributed by atoms with Gasteiger partial charge in [-0.05, 0) is 78.6 Å². The highest BCUT2D eigenvalue weighted by atomic mass is 32.2. The minimum Gasteiger partial charge on any atom is -0.493 e. The van der Waals surface area contributed by atoms with Crippen molar-refractivity contribution in [3.8, 4) is 16.9 Å². The minimum absolute atomic E-state index is 0.000691. The zero-order valence-corrected chi connectivity index (χ0v) is 27.5. The van der Waals surface area contributed by atoms with E-state index in [9.17, 15) is 18.0 Å². The zero-order valence-electron chi connectivity index (χ0n) is 26.6. The number of amides is 2. The molecule has 4 aromatic rings. The molecule has 1 aliphatic heterocycles. The Morgan fingerprint density at radius 2 is 1.83 bits per heavy atom. The second-order valence-corrected chi connectivity index (χ2v) is 13.2. The molecule has 0 atom stereocenters. The number of anilines is 1. The van der Waals surface area contributed by atoms with E-state index in [4.69, 9.17) is 14.0 Å². The number of nitrogens with one attached hydrogen (secondary N) is 1. The molecule has 248 valence electrons. The molecule has 2 amide bonds. The van der Waals surface area contributed by atoms with Gasteiger partial charge in [-0.3, -0.25) is 14.0 Å². The quantitative estimate of drug-likeness (QED) is 0.142. The number of carbonyl (C=O) groups is 2. The fraction of sp³-hybridized carbons (Fsp3) is 0.343. The van der Waals surface area contributed by atoms with Gasteiger partial charge in [-0.1, -0.05) is 48.5 Å². The van der Waals surface area contributed by atoms with Crippen LogP contribution in [0.2, 0.25) is 0 Å². The Kier molecular flexibility index (Phi) is 10.9. The molecule has 0 saturated heterocycles. The fourth-order valence-electron chi connectivity index (χ4n) is 5.65. The lowest BCUT2D eigenvalue weighted by Gasteiger charge is -2.31. The van der Waals surface area contributed by atoms with Crippen molar-refractivity contribution in [2.24, 2.45) is 0 Å². The molecular weight excluding hydrogens is 620 g/mol. The summed E-state index contributed by atoms with van der Waals surface area (Å²) in [6.45, 7) is 5.54. The van der Waals surface area contributed by atoms with Gasteiger partial charge < -0.3 is 19.7 Å². The Balaban J connectivity index is 1.18. The van der Waals surface area contributed by atoms with E-state index in [-0.39, 0.29) is 19.1 Å². The van der Waals surface area contributed by atoms with Crippen LogP contribution in [0.25, 0.3) is 11.1 Å². The Morgan fingerprint density at radius 1 is 1.04 bits per heavy atom. The summed E-state index contributed by atoms with van der Waals surface area (Å²) in [5, 5.41) is 6.88. The maximum atomic E-state index is 13.3. The molecule has 47 heavy (non-hydrogen) atoms. The van der Waals surface area contributed by atoms with E-state index in [1.165, 1.54) is 5.56 Å². The first-order chi connectivity index (χ1) is 22.6. The zero-order chi connectivity index (χ0) is 33.4. The maximum absolute atomic E-state index is 13.3. The van der Waals surface area contributed by atoms with E-state index in [1.807, 2.05) is 77.4 Å². The molecule has 5 rings (SSSR count). The highest BCUT2D eigenvalue weighted by molar-refractivity contribution is 7.85. The molecule has 0 unspecified atom stereocenters. The van der Waals surface area contributed by atoms with Crippen LogP contribution in [0.15, 0.2) is 73.1 Å². The third-order valence-electron chi connectivity index (χ3n) is 8.18. The topological polar surface area (TPSA) is 140 Å². The number of hydrogen-bond acceptors (Lipinski definition) is 7. The van der Waals surface area contributed by atoms with Crippen molar-refractivity contribution >= 4 is 27.8 Å². The van der Waals surface area contributed by atoms with E-state index in [0.717, 1.165) is 57.7 Å². The van der Waals surface area contributed by atoms with Crippen molar-refractivity contribution in [1.82, 2.24) is 15.1 Å². The normalized spacial score (nSPS) is 12.8. The number of nitrogens with zero attached hydrogens (tertiary/aromatic N) is 3. The molecule has 0 fully saturated rings. The lowest BCUT2D eigenvalue weighted by atomic mass is 9.93. The van der Waals surface area contributed by atoms with Crippen LogP contribution in [0.5, 0.6) is 5.75 Å². The predicted molar refractivity (Wildman–Crippen MR) is 179 cm³/mol. The summed E-state index contributed by atoms with van der Waals surface area (Å²) in [5.74, 6) is 0.379. The van der Waals surface area contributed by atoms with Gasteiger partial charge in [0.25, 0.3) is 10.1 Å². The van der Waals surface area contributed by atoms with E-state index in [0.29, 0.717) is 32.5 Å². The van der Waals surface area contributed by atoms with Crippen molar-refractivity contribution in [3.63, 3.8) is 0 Å². The van der Waals surface area contributed by atoms with E-state index < -0.39 is 22.0 Å². The summed E-state index contributed by atoms with van der Waals surface area (Å²) in [6, 6.07) is 19.7. The van der Waals surface area contributed by atoms with Crippen molar-refractivity contribution in [1.29, 1.82) is 0 Å². The van der Waals surface area contributed by atoms with Crippen LogP contribution in [0.4, 0.5) is 10.5 Å². The Labute approximate surface area is 275 Å². The summed E-state index contributed by atoms with van der Waals surface area (Å²) in [4.78, 5) is 27.1. The second-order valence-electron chi connectivity index (χ2n) is 11.6. The molecular formula is C35H40N4O7S. The van der Waals surface area contributed by atoms with Gasteiger partial charge in [0.2, 0.25) is 5.91 Å². The van der Waals surface area contributed by atoms with Crippen LogP contribution < -0.4 is 15.0 Å². The molecule has 12 heteroatoms. The lowest BCUT2D eigenvalue weighted by molar-refractivity contribution is -0.118. The van der Waals surface area contributed by atoms with Crippen LogP contribution in [0.1, 0.15) is 47.1 Å². The molecule has 0 bridgehead atoms. The van der Waals surface area contributed by atoms with E-state index in [1.54, 1.807) is 0 Å². The van der Waals surface area contributed by atoms with Crippen molar-refractivity contribution in [2.45, 2.75) is 52.7 Å². The molecule has 0 spiro atoms. The summed E-state index contributed by atoms with van der Waals surface area (Å²) in [5.41, 5.74) is 8.16. The highest BCUT2D eigenvalue weighted by Crippen LogP contribution is 2.36. The Bertz CT molecular complexity index is 1840. The standard InChI is InChI=1S/C35H40N4O7S/c1-25-8-3-14-33(26(25)2)45-18-7-15-34(40)39-17-6-12-31-30(11-5-13-32(31)39)29-21-37-38(23-29)22-27-9-4-10-28(20-27)24-46-35(41)36-16-19-47(42,43)44/h3-5,8-11,13-14,20-21,23H,6-7,12,15-19,22,24H2,1-2H3,(H,36,41)(H,42,43,44). The number of benzene rings is 3. The number of rotatable bonds is 13. The minimum atomic E-state index is -4.16. The largest absolute Gasteiger partial charge is 0.493 e. The van der Waals surface area contributed by atoms with Crippen LogP contribution in [-0.4, -0.2) is 60.2 Å². The van der Waals surface area contributed by atoms with Crippen molar-refractivity contribution in [3.05, 3.63) is 101 Å². The van der Waals surface area contributed by atoms with Crippen LogP contribution in [0.3, 0.4) is 0 Å². The summed E-state index contributed by atoms with van der Waals surface area (Å²) < 4.78 is 43.3. The third-order valence-corrected chi connectivity index (χ3v) is 8.90. The van der Waals surface area contributed by atoms with Gasteiger partial charge >= 0.3 is 6.09 Å². The smallest absolute Gasteiger partial charge is 0.407 e. The average Bonchev–Trinajstić information content (AvgIpc) is 3.51. The molecule has 1 aromatic heterocycles. The van der Waals surface area contributed by atoms with Gasteiger partial charge in [-0.15, -0.1) is 0 Å². The molecule has 2 heterocycles. The molecule has 0 radical (unpaired) electrons. The number of aryl methyl sites for hydroxylation is 1. The van der Waals surface area contributed by atoms with Gasteiger partial charge in [0.1, 0.15) is 12.4 Å². The van der Waals surface area contributed by atoms with Crippen molar-refractivity contribution in [2.75, 3.05) is 30.3 Å². The second kappa shape index (κ2) is 15.3. The SMILES string of the molecule is Cc1cccc(OCCCC(=O)N2CCCc3c(-c4cnn(Cc5cccc(COC(=O)NCCS(=O)(=O)O)c5)c4)cccc32)c1C. The molecule has 0 saturated carbocycles. The first-order valence-electron chi connectivity index (χ1n) is 15.6. The van der Waals surface area contributed by atoms with E-state index >= 15 is 0 Å². The number of hydrogen-bond donors (Lipinski definition) is 2. The third kappa shape index (κ3) is 9.20. The molecule has 2 N–H and O–H groups in total. The lowest BCUT2D eigenvalue weighted by Crippen LogP contribution is -2.35. The first-order valence-corrected chi connectivity index (χ1v) is 17.3. The number of carbonyl (C=O) groups excluding carboxylic acids is 2. The Morgan fingerprint density at radius 3 is 2.66 bits per heavy atom. The number of aromatic nitrogens is 2. The summed E-state index contributed by atoms with van der Waals surface area (Å²) in [6.07, 6.45) is 5.87. The number of alkyl carbamates (subject to hydrolysis) is 1. The number of fused-ring (bicyclic) bond motifs is 1.